The van der Waals surface area contributed by atoms with E-state index in [1.54, 1.807) is 6.20 Å². The molecule has 0 saturated carbocycles. The van der Waals surface area contributed by atoms with Gasteiger partial charge in [0.25, 0.3) is 0 Å². The fourth-order valence-corrected chi connectivity index (χ4v) is 2.63. The molecule has 2 heterocycles. The Morgan fingerprint density at radius 3 is 2.88 bits per heavy atom. The molecule has 0 amide bonds. The van der Waals surface area contributed by atoms with Gasteiger partial charge in [0.2, 0.25) is 0 Å². The van der Waals surface area contributed by atoms with Crippen LogP contribution >= 0.6 is 31.9 Å². The van der Waals surface area contributed by atoms with Gasteiger partial charge in [0.15, 0.2) is 0 Å². The van der Waals surface area contributed by atoms with Crippen LogP contribution in [0.25, 0.3) is 0 Å². The van der Waals surface area contributed by atoms with Crippen molar-refractivity contribution in [1.29, 1.82) is 0 Å². The van der Waals surface area contributed by atoms with E-state index in [1.807, 2.05) is 30.1 Å². The summed E-state index contributed by atoms with van der Waals surface area (Å²) in [7, 11) is 1.95. The molecule has 0 bridgehead atoms. The van der Waals surface area contributed by atoms with Gasteiger partial charge < -0.3 is 5.32 Å². The second-order valence-corrected chi connectivity index (χ2v) is 5.38. The van der Waals surface area contributed by atoms with Crippen molar-refractivity contribution in [3.05, 3.63) is 39.2 Å². The van der Waals surface area contributed by atoms with Crippen molar-refractivity contribution in [3.8, 4) is 0 Å². The van der Waals surface area contributed by atoms with E-state index >= 15 is 0 Å². The largest absolute Gasteiger partial charge is 0.369 e. The number of nitrogens with one attached hydrogen (secondary N) is 1. The Morgan fingerprint density at radius 1 is 1.41 bits per heavy atom. The lowest BCUT2D eigenvalue weighted by Gasteiger charge is -2.07. The van der Waals surface area contributed by atoms with Crippen LogP contribution in [0.3, 0.4) is 0 Å². The van der Waals surface area contributed by atoms with Crippen molar-refractivity contribution >= 4 is 37.7 Å². The molecular weight excluding hydrogens is 348 g/mol. The van der Waals surface area contributed by atoms with Gasteiger partial charge in [0.05, 0.1) is 4.47 Å². The van der Waals surface area contributed by atoms with Crippen LogP contribution in [0.2, 0.25) is 0 Å². The third-order valence-electron chi connectivity index (χ3n) is 2.40. The van der Waals surface area contributed by atoms with Crippen LogP contribution in [0.1, 0.15) is 5.69 Å². The normalized spacial score (nSPS) is 10.5. The Bertz CT molecular complexity index is 510. The summed E-state index contributed by atoms with van der Waals surface area (Å²) in [6.07, 6.45) is 4.50. The van der Waals surface area contributed by atoms with Crippen molar-refractivity contribution in [2.45, 2.75) is 6.42 Å². The van der Waals surface area contributed by atoms with Crippen LogP contribution in [0.5, 0.6) is 0 Å². The van der Waals surface area contributed by atoms with Crippen LogP contribution in [0, 0.1) is 0 Å². The highest BCUT2D eigenvalue weighted by molar-refractivity contribution is 9.11. The van der Waals surface area contributed by atoms with Gasteiger partial charge >= 0.3 is 0 Å². The second kappa shape index (κ2) is 5.64. The molecule has 2 aromatic heterocycles. The number of anilines is 1. The average Bonchev–Trinajstić information content (AvgIpc) is 2.68. The molecule has 0 aromatic carbocycles. The van der Waals surface area contributed by atoms with Crippen LogP contribution in [0.15, 0.2) is 33.5 Å². The third-order valence-corrected chi connectivity index (χ3v) is 3.44. The van der Waals surface area contributed by atoms with E-state index in [4.69, 9.17) is 0 Å². The molecule has 4 nitrogen and oxygen atoms in total. The maximum absolute atomic E-state index is 4.29. The predicted octanol–water partition coefficient (Wildman–Crippen LogP) is 2.99. The first kappa shape index (κ1) is 12.6. The lowest BCUT2D eigenvalue weighted by molar-refractivity contribution is 0.711. The van der Waals surface area contributed by atoms with Crippen molar-refractivity contribution < 1.29 is 0 Å². The molecule has 0 fully saturated rings. The Hall–Kier alpha value is -0.880. The van der Waals surface area contributed by atoms with E-state index in [0.29, 0.717) is 0 Å². The van der Waals surface area contributed by atoms with E-state index in [1.165, 1.54) is 5.69 Å². The van der Waals surface area contributed by atoms with Gasteiger partial charge in [0.1, 0.15) is 5.82 Å². The van der Waals surface area contributed by atoms with Crippen LogP contribution in [0.4, 0.5) is 5.82 Å². The number of hydrogen-bond donors (Lipinski definition) is 1. The molecule has 2 aromatic rings. The Kier molecular flexibility index (Phi) is 4.17. The van der Waals surface area contributed by atoms with E-state index in [0.717, 1.165) is 27.7 Å². The quantitative estimate of drug-likeness (QED) is 0.912. The summed E-state index contributed by atoms with van der Waals surface area (Å²) in [5, 5.41) is 7.41. The topological polar surface area (TPSA) is 42.7 Å². The van der Waals surface area contributed by atoms with E-state index in [2.05, 4.69) is 47.3 Å². The molecule has 0 aliphatic heterocycles. The van der Waals surface area contributed by atoms with E-state index in [-0.39, 0.29) is 0 Å². The lowest BCUT2D eigenvalue weighted by Crippen LogP contribution is -2.09. The first-order chi connectivity index (χ1) is 8.16. The Balaban J connectivity index is 1.92. The number of halogens is 2. The Labute approximate surface area is 117 Å². The van der Waals surface area contributed by atoms with Crippen molar-refractivity contribution in [2.24, 2.45) is 7.05 Å². The fourth-order valence-electron chi connectivity index (χ4n) is 1.50. The zero-order chi connectivity index (χ0) is 12.3. The molecular formula is C11H12Br2N4. The summed E-state index contributed by atoms with van der Waals surface area (Å²) >= 11 is 6.84. The molecule has 6 heteroatoms. The average molecular weight is 360 g/mol. The standard InChI is InChI=1S/C11H12Br2N4/c1-17-9(3-5-16-17)2-4-14-11-10(13)6-8(12)7-15-11/h3,5-7H,2,4H2,1H3,(H,14,15). The maximum Gasteiger partial charge on any atom is 0.140 e. The minimum Gasteiger partial charge on any atom is -0.369 e. The smallest absolute Gasteiger partial charge is 0.140 e. The number of aromatic nitrogens is 3. The summed E-state index contributed by atoms with van der Waals surface area (Å²) < 4.78 is 3.80. The van der Waals surface area contributed by atoms with Gasteiger partial charge in [-0.15, -0.1) is 0 Å². The molecule has 2 rings (SSSR count). The summed E-state index contributed by atoms with van der Waals surface area (Å²) in [5.41, 5.74) is 1.20. The minimum atomic E-state index is 0.826. The van der Waals surface area contributed by atoms with Gasteiger partial charge in [-0.3, -0.25) is 4.68 Å². The molecule has 0 saturated heterocycles. The number of aryl methyl sites for hydroxylation is 1. The maximum atomic E-state index is 4.29. The summed E-state index contributed by atoms with van der Waals surface area (Å²) in [5.74, 6) is 0.857. The van der Waals surface area contributed by atoms with Gasteiger partial charge in [-0.05, 0) is 44.0 Å². The van der Waals surface area contributed by atoms with E-state index < -0.39 is 0 Å². The first-order valence-corrected chi connectivity index (χ1v) is 6.77. The third kappa shape index (κ3) is 3.29. The van der Waals surface area contributed by atoms with Crippen LogP contribution in [-0.4, -0.2) is 21.3 Å². The first-order valence-electron chi connectivity index (χ1n) is 5.18. The van der Waals surface area contributed by atoms with Gasteiger partial charge in [-0.2, -0.15) is 5.10 Å². The molecule has 0 atom stereocenters. The zero-order valence-electron chi connectivity index (χ0n) is 9.32. The number of pyridine rings is 1. The summed E-state index contributed by atoms with van der Waals surface area (Å²) in [4.78, 5) is 4.29. The highest BCUT2D eigenvalue weighted by Gasteiger charge is 2.02. The molecule has 0 aliphatic rings. The van der Waals surface area contributed by atoms with Crippen LogP contribution < -0.4 is 5.32 Å². The molecule has 0 spiro atoms. The molecule has 90 valence electrons. The van der Waals surface area contributed by atoms with Gasteiger partial charge in [-0.25, -0.2) is 4.98 Å². The van der Waals surface area contributed by atoms with E-state index in [9.17, 15) is 0 Å². The van der Waals surface area contributed by atoms with Crippen molar-refractivity contribution in [1.82, 2.24) is 14.8 Å². The fraction of sp³-hybridized carbons (Fsp3) is 0.273. The van der Waals surface area contributed by atoms with Gasteiger partial charge in [-0.1, -0.05) is 0 Å². The SMILES string of the molecule is Cn1nccc1CCNc1ncc(Br)cc1Br. The number of rotatable bonds is 4. The summed E-state index contributed by atoms with van der Waals surface area (Å²) in [6.45, 7) is 0.826. The minimum absolute atomic E-state index is 0.826. The molecule has 17 heavy (non-hydrogen) atoms. The summed E-state index contributed by atoms with van der Waals surface area (Å²) in [6, 6.07) is 3.99. The van der Waals surface area contributed by atoms with Crippen molar-refractivity contribution in [2.75, 3.05) is 11.9 Å². The lowest BCUT2D eigenvalue weighted by atomic mass is 10.3. The molecule has 0 aliphatic carbocycles. The van der Waals surface area contributed by atoms with Crippen LogP contribution in [-0.2, 0) is 13.5 Å². The number of nitrogens with zero attached hydrogens (tertiary/aromatic N) is 3. The zero-order valence-corrected chi connectivity index (χ0v) is 12.5. The molecule has 0 radical (unpaired) electrons. The van der Waals surface area contributed by atoms with Gasteiger partial charge in [0, 0.05) is 42.6 Å². The Morgan fingerprint density at radius 2 is 2.24 bits per heavy atom. The molecule has 1 N–H and O–H groups in total. The monoisotopic (exact) mass is 358 g/mol. The highest BCUT2D eigenvalue weighted by atomic mass is 79.9. The highest BCUT2D eigenvalue weighted by Crippen LogP contribution is 2.23. The second-order valence-electron chi connectivity index (χ2n) is 3.61. The van der Waals surface area contributed by atoms with Crippen molar-refractivity contribution in [3.63, 3.8) is 0 Å². The number of hydrogen-bond acceptors (Lipinski definition) is 3. The molecule has 0 unspecified atom stereocenters. The predicted molar refractivity (Wildman–Crippen MR) is 75.0 cm³/mol.